The SMILES string of the molecule is CC(C#N)CCC(C)CC(=O)O. The van der Waals surface area contributed by atoms with Crippen LogP contribution in [0.4, 0.5) is 0 Å². The van der Waals surface area contributed by atoms with Crippen molar-refractivity contribution < 1.29 is 9.90 Å². The van der Waals surface area contributed by atoms with E-state index in [9.17, 15) is 4.79 Å². The van der Waals surface area contributed by atoms with Gasteiger partial charge in [0, 0.05) is 12.3 Å². The number of carboxylic acid groups (broad SMARTS) is 1. The highest BCUT2D eigenvalue weighted by Gasteiger charge is 2.09. The van der Waals surface area contributed by atoms with Crippen molar-refractivity contribution in [3.63, 3.8) is 0 Å². The molecule has 0 aliphatic rings. The molecule has 0 aliphatic heterocycles. The van der Waals surface area contributed by atoms with Crippen LogP contribution in [0.2, 0.25) is 0 Å². The van der Waals surface area contributed by atoms with Gasteiger partial charge in [0.1, 0.15) is 0 Å². The van der Waals surface area contributed by atoms with E-state index in [1.807, 2.05) is 13.8 Å². The molecule has 3 heteroatoms. The molecule has 12 heavy (non-hydrogen) atoms. The van der Waals surface area contributed by atoms with Gasteiger partial charge >= 0.3 is 5.97 Å². The number of carboxylic acids is 1. The van der Waals surface area contributed by atoms with Gasteiger partial charge in [0.25, 0.3) is 0 Å². The minimum absolute atomic E-state index is 0.0428. The number of carbonyl (C=O) groups is 1. The molecule has 68 valence electrons. The number of hydrogen-bond acceptors (Lipinski definition) is 2. The van der Waals surface area contributed by atoms with Crippen LogP contribution in [-0.4, -0.2) is 11.1 Å². The largest absolute Gasteiger partial charge is 0.481 e. The number of nitrogens with zero attached hydrogens (tertiary/aromatic N) is 1. The average molecular weight is 169 g/mol. The van der Waals surface area contributed by atoms with E-state index >= 15 is 0 Å². The first kappa shape index (κ1) is 11.0. The summed E-state index contributed by atoms with van der Waals surface area (Å²) in [5, 5.41) is 16.9. The Morgan fingerprint density at radius 3 is 2.50 bits per heavy atom. The van der Waals surface area contributed by atoms with Crippen molar-refractivity contribution in [2.75, 3.05) is 0 Å². The summed E-state index contributed by atoms with van der Waals surface area (Å²) in [6, 6.07) is 2.13. The van der Waals surface area contributed by atoms with Gasteiger partial charge in [-0.3, -0.25) is 4.79 Å². The van der Waals surface area contributed by atoms with Crippen LogP contribution in [0.5, 0.6) is 0 Å². The fourth-order valence-electron chi connectivity index (χ4n) is 0.999. The summed E-state index contributed by atoms with van der Waals surface area (Å²) in [6.07, 6.45) is 1.82. The maximum Gasteiger partial charge on any atom is 0.303 e. The van der Waals surface area contributed by atoms with Gasteiger partial charge in [-0.15, -0.1) is 0 Å². The number of hydrogen-bond donors (Lipinski definition) is 1. The van der Waals surface area contributed by atoms with Gasteiger partial charge in [-0.05, 0) is 25.7 Å². The second-order valence-electron chi connectivity index (χ2n) is 3.31. The molecule has 1 N–H and O–H groups in total. The molecule has 0 rings (SSSR count). The Kier molecular flexibility index (Phi) is 5.11. The molecular formula is C9H15NO2. The van der Waals surface area contributed by atoms with Gasteiger partial charge in [-0.25, -0.2) is 0 Å². The molecule has 0 aromatic carbocycles. The summed E-state index contributed by atoms with van der Waals surface area (Å²) in [4.78, 5) is 10.3. The molecule has 2 atom stereocenters. The molecule has 0 bridgehead atoms. The minimum Gasteiger partial charge on any atom is -0.481 e. The normalized spacial score (nSPS) is 14.8. The monoisotopic (exact) mass is 169 g/mol. The Labute approximate surface area is 73.0 Å². The molecule has 0 amide bonds. The Bertz CT molecular complexity index is 183. The second kappa shape index (κ2) is 5.59. The molecule has 0 radical (unpaired) electrons. The third-order valence-electron chi connectivity index (χ3n) is 1.84. The topological polar surface area (TPSA) is 61.1 Å². The Hall–Kier alpha value is -1.04. The van der Waals surface area contributed by atoms with E-state index in [4.69, 9.17) is 10.4 Å². The molecule has 0 aromatic heterocycles. The van der Waals surface area contributed by atoms with Crippen molar-refractivity contribution in [2.24, 2.45) is 11.8 Å². The van der Waals surface area contributed by atoms with Crippen LogP contribution in [-0.2, 0) is 4.79 Å². The standard InChI is InChI=1S/C9H15NO2/c1-7(5-9(11)12)3-4-8(2)6-10/h7-8H,3-5H2,1-2H3,(H,11,12). The molecule has 0 saturated carbocycles. The predicted octanol–water partition coefficient (Wildman–Crippen LogP) is 2.04. The highest BCUT2D eigenvalue weighted by molar-refractivity contribution is 5.66. The van der Waals surface area contributed by atoms with Crippen molar-refractivity contribution in [1.82, 2.24) is 0 Å². The fraction of sp³-hybridized carbons (Fsp3) is 0.778. The average Bonchev–Trinajstić information content (AvgIpc) is 1.99. The van der Waals surface area contributed by atoms with Gasteiger partial charge in [0.2, 0.25) is 0 Å². The zero-order valence-electron chi connectivity index (χ0n) is 7.58. The first-order valence-electron chi connectivity index (χ1n) is 4.17. The number of nitriles is 1. The summed E-state index contributed by atoms with van der Waals surface area (Å²) in [6.45, 7) is 3.76. The first-order valence-corrected chi connectivity index (χ1v) is 4.17. The lowest BCUT2D eigenvalue weighted by atomic mass is 9.97. The lowest BCUT2D eigenvalue weighted by Crippen LogP contribution is -2.05. The van der Waals surface area contributed by atoms with Crippen molar-refractivity contribution in [2.45, 2.75) is 33.1 Å². The first-order chi connectivity index (χ1) is 5.56. The fourth-order valence-corrected chi connectivity index (χ4v) is 0.999. The third kappa shape index (κ3) is 5.72. The molecule has 0 saturated heterocycles. The lowest BCUT2D eigenvalue weighted by molar-refractivity contribution is -0.138. The number of aliphatic carboxylic acids is 1. The summed E-state index contributed by atoms with van der Waals surface area (Å²) in [7, 11) is 0. The summed E-state index contributed by atoms with van der Waals surface area (Å²) < 4.78 is 0. The molecule has 0 spiro atoms. The Morgan fingerprint density at radius 2 is 2.08 bits per heavy atom. The van der Waals surface area contributed by atoms with Gasteiger partial charge in [-0.2, -0.15) is 5.26 Å². The third-order valence-corrected chi connectivity index (χ3v) is 1.84. The second-order valence-corrected chi connectivity index (χ2v) is 3.31. The molecular weight excluding hydrogens is 154 g/mol. The Morgan fingerprint density at radius 1 is 1.50 bits per heavy atom. The maximum absolute atomic E-state index is 10.3. The van der Waals surface area contributed by atoms with E-state index < -0.39 is 5.97 Å². The highest BCUT2D eigenvalue weighted by atomic mass is 16.4. The summed E-state index contributed by atoms with van der Waals surface area (Å²) in [5.41, 5.74) is 0. The quantitative estimate of drug-likeness (QED) is 0.685. The van der Waals surface area contributed by atoms with Gasteiger partial charge < -0.3 is 5.11 Å². The van der Waals surface area contributed by atoms with E-state index in [2.05, 4.69) is 6.07 Å². The predicted molar refractivity (Wildman–Crippen MR) is 45.4 cm³/mol. The molecule has 0 fully saturated rings. The zero-order valence-corrected chi connectivity index (χ0v) is 7.58. The highest BCUT2D eigenvalue weighted by Crippen LogP contribution is 2.14. The van der Waals surface area contributed by atoms with Crippen molar-refractivity contribution >= 4 is 5.97 Å². The van der Waals surface area contributed by atoms with E-state index in [-0.39, 0.29) is 18.3 Å². The maximum atomic E-state index is 10.3. The van der Waals surface area contributed by atoms with Crippen molar-refractivity contribution in [3.05, 3.63) is 0 Å². The van der Waals surface area contributed by atoms with Crippen LogP contribution in [0.25, 0.3) is 0 Å². The lowest BCUT2D eigenvalue weighted by Gasteiger charge is -2.08. The van der Waals surface area contributed by atoms with Gasteiger partial charge in [0.15, 0.2) is 0 Å². The van der Waals surface area contributed by atoms with Crippen molar-refractivity contribution in [1.29, 1.82) is 5.26 Å². The van der Waals surface area contributed by atoms with E-state index in [1.54, 1.807) is 0 Å². The number of rotatable bonds is 5. The van der Waals surface area contributed by atoms with Crippen LogP contribution < -0.4 is 0 Å². The zero-order chi connectivity index (χ0) is 9.56. The van der Waals surface area contributed by atoms with Crippen LogP contribution >= 0.6 is 0 Å². The van der Waals surface area contributed by atoms with E-state index in [0.29, 0.717) is 0 Å². The van der Waals surface area contributed by atoms with Crippen molar-refractivity contribution in [3.8, 4) is 6.07 Å². The van der Waals surface area contributed by atoms with Crippen LogP contribution in [0.15, 0.2) is 0 Å². The smallest absolute Gasteiger partial charge is 0.303 e. The molecule has 3 nitrogen and oxygen atoms in total. The van der Waals surface area contributed by atoms with Crippen LogP contribution in [0.3, 0.4) is 0 Å². The van der Waals surface area contributed by atoms with Crippen LogP contribution in [0.1, 0.15) is 33.1 Å². The molecule has 0 aromatic rings. The molecule has 0 aliphatic carbocycles. The molecule has 0 heterocycles. The van der Waals surface area contributed by atoms with Gasteiger partial charge in [0.05, 0.1) is 6.07 Å². The minimum atomic E-state index is -0.757. The van der Waals surface area contributed by atoms with Crippen LogP contribution in [0, 0.1) is 23.2 Å². The molecule has 2 unspecified atom stereocenters. The summed E-state index contributed by atoms with van der Waals surface area (Å²) in [5.74, 6) is -0.536. The van der Waals surface area contributed by atoms with E-state index in [1.165, 1.54) is 0 Å². The van der Waals surface area contributed by atoms with Gasteiger partial charge in [-0.1, -0.05) is 6.92 Å². The Balaban J connectivity index is 3.51. The van der Waals surface area contributed by atoms with E-state index in [0.717, 1.165) is 12.8 Å². The summed E-state index contributed by atoms with van der Waals surface area (Å²) >= 11 is 0.